The second kappa shape index (κ2) is 60.6. The second-order valence-corrected chi connectivity index (χ2v) is 19.8. The van der Waals surface area contributed by atoms with Crippen molar-refractivity contribution in [1.82, 2.24) is 0 Å². The van der Waals surface area contributed by atoms with Crippen molar-refractivity contribution in [1.29, 1.82) is 0 Å². The van der Waals surface area contributed by atoms with Crippen LogP contribution in [0.25, 0.3) is 0 Å². The summed E-state index contributed by atoms with van der Waals surface area (Å²) in [4.78, 5) is 38.2. The summed E-state index contributed by atoms with van der Waals surface area (Å²) < 4.78 is 16.8. The fourth-order valence-electron chi connectivity index (χ4n) is 8.24. The average molecular weight is 1010 g/mol. The summed E-state index contributed by atoms with van der Waals surface area (Å²) in [5, 5.41) is 0. The molecule has 0 bridgehead atoms. The Morgan fingerprint density at radius 1 is 0.288 bits per heavy atom. The molecule has 0 aromatic carbocycles. The molecule has 1 atom stereocenters. The van der Waals surface area contributed by atoms with E-state index in [0.29, 0.717) is 19.3 Å². The van der Waals surface area contributed by atoms with Crippen LogP contribution >= 0.6 is 0 Å². The van der Waals surface area contributed by atoms with Crippen LogP contribution in [0.15, 0.2) is 109 Å². The number of hydrogen-bond donors (Lipinski definition) is 0. The first-order chi connectivity index (χ1) is 36.0. The lowest BCUT2D eigenvalue weighted by molar-refractivity contribution is -0.167. The van der Waals surface area contributed by atoms with E-state index in [4.69, 9.17) is 14.2 Å². The Bertz CT molecular complexity index is 1490. The van der Waals surface area contributed by atoms with Gasteiger partial charge in [-0.2, -0.15) is 0 Å². The summed E-state index contributed by atoms with van der Waals surface area (Å²) in [6.45, 7) is 6.38. The zero-order chi connectivity index (χ0) is 52.9. The largest absolute Gasteiger partial charge is 0.462 e. The van der Waals surface area contributed by atoms with Gasteiger partial charge in [-0.1, -0.05) is 246 Å². The van der Waals surface area contributed by atoms with Crippen LogP contribution in [0.2, 0.25) is 0 Å². The number of carbonyl (C=O) groups excluding carboxylic acids is 3. The van der Waals surface area contributed by atoms with Crippen molar-refractivity contribution in [3.63, 3.8) is 0 Å². The highest BCUT2D eigenvalue weighted by Gasteiger charge is 2.19. The molecule has 0 aliphatic rings. The number of rotatable bonds is 54. The smallest absolute Gasteiger partial charge is 0.306 e. The molecule has 0 spiro atoms. The van der Waals surface area contributed by atoms with Crippen molar-refractivity contribution in [3.05, 3.63) is 109 Å². The minimum Gasteiger partial charge on any atom is -0.462 e. The lowest BCUT2D eigenvalue weighted by Crippen LogP contribution is -2.30. The van der Waals surface area contributed by atoms with Gasteiger partial charge in [0.25, 0.3) is 0 Å². The van der Waals surface area contributed by atoms with Gasteiger partial charge in [0.2, 0.25) is 0 Å². The van der Waals surface area contributed by atoms with Gasteiger partial charge >= 0.3 is 17.9 Å². The molecule has 0 amide bonds. The van der Waals surface area contributed by atoms with E-state index in [1.54, 1.807) is 0 Å². The van der Waals surface area contributed by atoms with Gasteiger partial charge in [-0.15, -0.1) is 0 Å². The quantitative estimate of drug-likeness (QED) is 0.0261. The third kappa shape index (κ3) is 58.8. The Labute approximate surface area is 450 Å². The minimum atomic E-state index is -0.797. The third-order valence-electron chi connectivity index (χ3n) is 12.7. The van der Waals surface area contributed by atoms with Crippen molar-refractivity contribution in [2.45, 2.75) is 284 Å². The van der Waals surface area contributed by atoms with Crippen molar-refractivity contribution in [2.75, 3.05) is 13.2 Å². The van der Waals surface area contributed by atoms with Gasteiger partial charge in [0.05, 0.1) is 0 Å². The molecule has 0 heterocycles. The van der Waals surface area contributed by atoms with Gasteiger partial charge < -0.3 is 14.2 Å². The van der Waals surface area contributed by atoms with Crippen LogP contribution in [0.5, 0.6) is 0 Å². The van der Waals surface area contributed by atoms with Crippen LogP contribution < -0.4 is 0 Å². The predicted octanol–water partition coefficient (Wildman–Crippen LogP) is 20.7. The lowest BCUT2D eigenvalue weighted by Gasteiger charge is -2.18. The zero-order valence-electron chi connectivity index (χ0n) is 47.6. The Hall–Kier alpha value is -3.93. The fourth-order valence-corrected chi connectivity index (χ4v) is 8.24. The molecule has 0 saturated carbocycles. The van der Waals surface area contributed by atoms with E-state index in [9.17, 15) is 14.4 Å². The maximum atomic E-state index is 12.9. The highest BCUT2D eigenvalue weighted by Crippen LogP contribution is 2.15. The topological polar surface area (TPSA) is 78.9 Å². The highest BCUT2D eigenvalue weighted by molar-refractivity contribution is 5.71. The number of ether oxygens (including phenoxy) is 3. The van der Waals surface area contributed by atoms with E-state index < -0.39 is 6.10 Å². The molecule has 0 radical (unpaired) electrons. The summed E-state index contributed by atoms with van der Waals surface area (Å²) in [7, 11) is 0. The molecule has 0 aliphatic carbocycles. The molecule has 0 rings (SSSR count). The van der Waals surface area contributed by atoms with Crippen molar-refractivity contribution < 1.29 is 28.6 Å². The molecule has 6 nitrogen and oxygen atoms in total. The van der Waals surface area contributed by atoms with Gasteiger partial charge in [0.1, 0.15) is 13.2 Å². The molecule has 0 aromatic rings. The molecule has 0 aromatic heterocycles. The normalized spacial score (nSPS) is 12.9. The summed E-state index contributed by atoms with van der Waals surface area (Å²) in [5.74, 6) is -0.931. The standard InChI is InChI=1S/C67H112O6/c1-4-7-10-13-16-19-22-25-27-28-29-30-31-32-33-34-35-36-37-38-40-42-45-48-51-54-57-60-66(69)72-63-64(62-71-65(68)59-56-53-50-47-44-41-24-21-18-15-12-9-6-3)73-67(70)61-58-55-52-49-46-43-39-26-23-20-17-14-11-8-5-2/h7,9-10,12,16,18-19,21,25-27,29-30,32-33,39,41,44,64H,4-6,8,11,13-15,17,20,22-24,28,31,34-38,40,42-43,45-63H2,1-3H3/b10-7-,12-9-,19-16-,21-18-,27-25-,30-29-,33-32-,39-26-,44-41-. The molecule has 0 N–H and O–H groups in total. The molecule has 0 aliphatic heterocycles. The summed E-state index contributed by atoms with van der Waals surface area (Å²) in [6, 6.07) is 0. The molecule has 6 heteroatoms. The molecule has 416 valence electrons. The van der Waals surface area contributed by atoms with E-state index in [1.165, 1.54) is 109 Å². The summed E-state index contributed by atoms with van der Waals surface area (Å²) in [5.41, 5.74) is 0. The molecule has 1 unspecified atom stereocenters. The van der Waals surface area contributed by atoms with E-state index in [2.05, 4.69) is 130 Å². The SMILES string of the molecule is CC/C=C\C/C=C\C/C=C\C/C=C\C/C=C\CCCCCCCCCCCCCC(=O)OCC(COC(=O)CCCCC/C=C\C/C=C\C/C=C\CC)OC(=O)CCCCCCC/C=C\CCCCCCCC. The minimum absolute atomic E-state index is 0.0927. The Morgan fingerprint density at radius 2 is 0.534 bits per heavy atom. The van der Waals surface area contributed by atoms with E-state index >= 15 is 0 Å². The first-order valence-corrected chi connectivity index (χ1v) is 30.4. The van der Waals surface area contributed by atoms with Crippen molar-refractivity contribution in [2.24, 2.45) is 0 Å². The first kappa shape index (κ1) is 69.1. The van der Waals surface area contributed by atoms with Crippen LogP contribution in [0.3, 0.4) is 0 Å². The van der Waals surface area contributed by atoms with Crippen molar-refractivity contribution >= 4 is 17.9 Å². The molecule has 0 saturated heterocycles. The van der Waals surface area contributed by atoms with Crippen LogP contribution in [0, 0.1) is 0 Å². The maximum Gasteiger partial charge on any atom is 0.306 e. The number of hydrogen-bond acceptors (Lipinski definition) is 6. The summed E-state index contributed by atoms with van der Waals surface area (Å²) >= 11 is 0. The van der Waals surface area contributed by atoms with Gasteiger partial charge in [0, 0.05) is 19.3 Å². The lowest BCUT2D eigenvalue weighted by atomic mass is 10.0. The number of carbonyl (C=O) groups is 3. The van der Waals surface area contributed by atoms with Crippen LogP contribution in [0.1, 0.15) is 278 Å². The molecular weight excluding hydrogens is 901 g/mol. The number of unbranched alkanes of at least 4 members (excludes halogenated alkanes) is 25. The van der Waals surface area contributed by atoms with Gasteiger partial charge in [-0.25, -0.2) is 0 Å². The van der Waals surface area contributed by atoms with Gasteiger partial charge in [-0.05, 0) is 122 Å². The monoisotopic (exact) mass is 1010 g/mol. The Morgan fingerprint density at radius 3 is 0.863 bits per heavy atom. The Kier molecular flexibility index (Phi) is 57.4. The number of esters is 3. The van der Waals surface area contributed by atoms with Gasteiger partial charge in [0.15, 0.2) is 6.10 Å². The fraction of sp³-hybridized carbons (Fsp3) is 0.687. The number of allylic oxidation sites excluding steroid dienone is 18. The summed E-state index contributed by atoms with van der Waals surface area (Å²) in [6.07, 6.45) is 82.4. The molecular formula is C67H112O6. The highest BCUT2D eigenvalue weighted by atomic mass is 16.6. The predicted molar refractivity (Wildman–Crippen MR) is 316 cm³/mol. The van der Waals surface area contributed by atoms with Crippen LogP contribution in [-0.4, -0.2) is 37.2 Å². The second-order valence-electron chi connectivity index (χ2n) is 19.8. The van der Waals surface area contributed by atoms with E-state index in [1.807, 2.05) is 0 Å². The third-order valence-corrected chi connectivity index (χ3v) is 12.7. The average Bonchev–Trinajstić information content (AvgIpc) is 3.39. The van der Waals surface area contributed by atoms with Gasteiger partial charge in [-0.3, -0.25) is 14.4 Å². The maximum absolute atomic E-state index is 12.9. The zero-order valence-corrected chi connectivity index (χ0v) is 47.6. The van der Waals surface area contributed by atoms with E-state index in [0.717, 1.165) is 128 Å². The van der Waals surface area contributed by atoms with E-state index in [-0.39, 0.29) is 31.1 Å². The first-order valence-electron chi connectivity index (χ1n) is 30.4. The van der Waals surface area contributed by atoms with Crippen LogP contribution in [-0.2, 0) is 28.6 Å². The van der Waals surface area contributed by atoms with Crippen molar-refractivity contribution in [3.8, 4) is 0 Å². The van der Waals surface area contributed by atoms with Crippen LogP contribution in [0.4, 0.5) is 0 Å². The molecule has 0 fully saturated rings. The molecule has 73 heavy (non-hydrogen) atoms. The Balaban J connectivity index is 4.31.